The second kappa shape index (κ2) is 7.60. The van der Waals surface area contributed by atoms with Crippen LogP contribution in [0.25, 0.3) is 0 Å². The fraction of sp³-hybridized carbons (Fsp3) is 0.611. The molecule has 1 aromatic carbocycles. The van der Waals surface area contributed by atoms with Crippen molar-refractivity contribution in [1.82, 2.24) is 4.90 Å². The number of aliphatic carboxylic acids is 1. The Hall–Kier alpha value is -1.35. The van der Waals surface area contributed by atoms with Crippen molar-refractivity contribution in [3.8, 4) is 0 Å². The van der Waals surface area contributed by atoms with Crippen LogP contribution in [0.15, 0.2) is 24.3 Å². The molecule has 116 valence electrons. The highest BCUT2D eigenvalue weighted by Crippen LogP contribution is 2.20. The van der Waals surface area contributed by atoms with E-state index in [1.807, 2.05) is 0 Å². The molecule has 1 heterocycles. The SMILES string of the molecule is CCC(C)c1ccc(CCN2CCC(C(=O)O)CC2)cc1. The molecule has 1 atom stereocenters. The third-order valence-corrected chi connectivity index (χ3v) is 4.81. The number of likely N-dealkylation sites (tertiary alicyclic amines) is 1. The van der Waals surface area contributed by atoms with Gasteiger partial charge in [0.15, 0.2) is 0 Å². The third kappa shape index (κ3) is 4.57. The molecule has 0 aliphatic carbocycles. The first-order valence-electron chi connectivity index (χ1n) is 8.14. The Bertz CT molecular complexity index is 447. The van der Waals surface area contributed by atoms with Crippen molar-refractivity contribution in [2.45, 2.75) is 45.4 Å². The van der Waals surface area contributed by atoms with Gasteiger partial charge in [-0.15, -0.1) is 0 Å². The maximum atomic E-state index is 10.9. The summed E-state index contributed by atoms with van der Waals surface area (Å²) in [5, 5.41) is 9.00. The fourth-order valence-electron chi connectivity index (χ4n) is 2.94. The van der Waals surface area contributed by atoms with Gasteiger partial charge in [0.05, 0.1) is 5.92 Å². The molecule has 0 saturated carbocycles. The van der Waals surface area contributed by atoms with E-state index < -0.39 is 5.97 Å². The van der Waals surface area contributed by atoms with Gasteiger partial charge in [0.1, 0.15) is 0 Å². The lowest BCUT2D eigenvalue weighted by Crippen LogP contribution is -2.37. The molecule has 1 N–H and O–H groups in total. The summed E-state index contributed by atoms with van der Waals surface area (Å²) in [6.45, 7) is 7.36. The Morgan fingerprint density at radius 3 is 2.43 bits per heavy atom. The monoisotopic (exact) mass is 289 g/mol. The molecule has 1 aliphatic heterocycles. The van der Waals surface area contributed by atoms with Crippen LogP contribution < -0.4 is 0 Å². The maximum Gasteiger partial charge on any atom is 0.306 e. The van der Waals surface area contributed by atoms with Gasteiger partial charge in [0, 0.05) is 6.54 Å². The number of carboxylic acids is 1. The standard InChI is InChI=1S/C18H27NO2/c1-3-14(2)16-6-4-15(5-7-16)8-11-19-12-9-17(10-13-19)18(20)21/h4-7,14,17H,3,8-13H2,1-2H3,(H,20,21). The summed E-state index contributed by atoms with van der Waals surface area (Å²) in [5.41, 5.74) is 2.80. The molecule has 0 bridgehead atoms. The zero-order valence-corrected chi connectivity index (χ0v) is 13.2. The molecule has 1 unspecified atom stereocenters. The van der Waals surface area contributed by atoms with Crippen LogP contribution in [0.2, 0.25) is 0 Å². The van der Waals surface area contributed by atoms with Gasteiger partial charge in [0.25, 0.3) is 0 Å². The molecule has 0 aromatic heterocycles. The van der Waals surface area contributed by atoms with Crippen LogP contribution in [0.1, 0.15) is 50.2 Å². The smallest absolute Gasteiger partial charge is 0.306 e. The predicted octanol–water partition coefficient (Wildman–Crippen LogP) is 3.54. The normalized spacial score (nSPS) is 18.6. The minimum absolute atomic E-state index is 0.129. The van der Waals surface area contributed by atoms with E-state index in [4.69, 9.17) is 5.11 Å². The van der Waals surface area contributed by atoms with Crippen LogP contribution >= 0.6 is 0 Å². The summed E-state index contributed by atoms with van der Waals surface area (Å²) in [6, 6.07) is 8.98. The molecule has 0 amide bonds. The topological polar surface area (TPSA) is 40.5 Å². The molecule has 2 rings (SSSR count). The Morgan fingerprint density at radius 2 is 1.90 bits per heavy atom. The van der Waals surface area contributed by atoms with Gasteiger partial charge in [-0.3, -0.25) is 4.79 Å². The number of carbonyl (C=O) groups is 1. The fourth-order valence-corrected chi connectivity index (χ4v) is 2.94. The van der Waals surface area contributed by atoms with E-state index >= 15 is 0 Å². The van der Waals surface area contributed by atoms with E-state index in [-0.39, 0.29) is 5.92 Å². The molecule has 1 aromatic rings. The second-order valence-corrected chi connectivity index (χ2v) is 6.26. The largest absolute Gasteiger partial charge is 0.481 e. The quantitative estimate of drug-likeness (QED) is 0.871. The number of hydrogen-bond acceptors (Lipinski definition) is 2. The van der Waals surface area contributed by atoms with E-state index in [0.29, 0.717) is 5.92 Å². The van der Waals surface area contributed by atoms with Gasteiger partial charge in [-0.05, 0) is 55.8 Å². The van der Waals surface area contributed by atoms with E-state index in [2.05, 4.69) is 43.0 Å². The highest BCUT2D eigenvalue weighted by molar-refractivity contribution is 5.70. The van der Waals surface area contributed by atoms with Crippen molar-refractivity contribution in [3.05, 3.63) is 35.4 Å². The molecule has 0 spiro atoms. The lowest BCUT2D eigenvalue weighted by atomic mass is 9.96. The minimum Gasteiger partial charge on any atom is -0.481 e. The van der Waals surface area contributed by atoms with Crippen LogP contribution in [0, 0.1) is 5.92 Å². The van der Waals surface area contributed by atoms with Gasteiger partial charge in [0.2, 0.25) is 0 Å². The van der Waals surface area contributed by atoms with Crippen LogP contribution in [-0.4, -0.2) is 35.6 Å². The van der Waals surface area contributed by atoms with E-state index in [1.54, 1.807) is 0 Å². The molecule has 3 nitrogen and oxygen atoms in total. The number of hydrogen-bond donors (Lipinski definition) is 1. The van der Waals surface area contributed by atoms with Crippen LogP contribution in [0.4, 0.5) is 0 Å². The predicted molar refractivity (Wildman–Crippen MR) is 85.7 cm³/mol. The molecule has 21 heavy (non-hydrogen) atoms. The van der Waals surface area contributed by atoms with Crippen LogP contribution in [0.5, 0.6) is 0 Å². The summed E-state index contributed by atoms with van der Waals surface area (Å²) in [5.74, 6) is -0.125. The Kier molecular flexibility index (Phi) is 5.80. The van der Waals surface area contributed by atoms with E-state index in [1.165, 1.54) is 17.5 Å². The highest BCUT2D eigenvalue weighted by Gasteiger charge is 2.23. The lowest BCUT2D eigenvalue weighted by Gasteiger charge is -2.29. The number of benzene rings is 1. The van der Waals surface area contributed by atoms with Crippen molar-refractivity contribution in [3.63, 3.8) is 0 Å². The van der Waals surface area contributed by atoms with Crippen LogP contribution in [-0.2, 0) is 11.2 Å². The van der Waals surface area contributed by atoms with Gasteiger partial charge in [-0.1, -0.05) is 38.1 Å². The molecule has 0 radical (unpaired) electrons. The first-order chi connectivity index (χ1) is 10.1. The Balaban J connectivity index is 1.77. The molecular formula is C18H27NO2. The van der Waals surface area contributed by atoms with Gasteiger partial charge in [-0.2, -0.15) is 0 Å². The molecule has 1 saturated heterocycles. The van der Waals surface area contributed by atoms with Crippen LogP contribution in [0.3, 0.4) is 0 Å². The first-order valence-corrected chi connectivity index (χ1v) is 8.14. The summed E-state index contributed by atoms with van der Waals surface area (Å²) in [7, 11) is 0. The maximum absolute atomic E-state index is 10.9. The summed E-state index contributed by atoms with van der Waals surface area (Å²) in [4.78, 5) is 13.3. The minimum atomic E-state index is -0.629. The average Bonchev–Trinajstić information content (AvgIpc) is 2.53. The summed E-state index contributed by atoms with van der Waals surface area (Å²) >= 11 is 0. The third-order valence-electron chi connectivity index (χ3n) is 4.81. The molecule has 1 aliphatic rings. The van der Waals surface area contributed by atoms with Gasteiger partial charge < -0.3 is 10.0 Å². The van der Waals surface area contributed by atoms with Crippen molar-refractivity contribution in [2.75, 3.05) is 19.6 Å². The van der Waals surface area contributed by atoms with Crippen molar-refractivity contribution >= 4 is 5.97 Å². The zero-order valence-electron chi connectivity index (χ0n) is 13.2. The highest BCUT2D eigenvalue weighted by atomic mass is 16.4. The second-order valence-electron chi connectivity index (χ2n) is 6.26. The van der Waals surface area contributed by atoms with Crippen molar-refractivity contribution in [1.29, 1.82) is 0 Å². The van der Waals surface area contributed by atoms with E-state index in [0.717, 1.165) is 38.9 Å². The summed E-state index contributed by atoms with van der Waals surface area (Å²) < 4.78 is 0. The molecular weight excluding hydrogens is 262 g/mol. The Morgan fingerprint density at radius 1 is 1.29 bits per heavy atom. The Labute approximate surface area is 128 Å². The molecule has 1 fully saturated rings. The van der Waals surface area contributed by atoms with Gasteiger partial charge in [-0.25, -0.2) is 0 Å². The van der Waals surface area contributed by atoms with Crippen molar-refractivity contribution < 1.29 is 9.90 Å². The molecule has 3 heteroatoms. The number of rotatable bonds is 6. The lowest BCUT2D eigenvalue weighted by molar-refractivity contribution is -0.143. The van der Waals surface area contributed by atoms with Gasteiger partial charge >= 0.3 is 5.97 Å². The number of carboxylic acid groups (broad SMARTS) is 1. The zero-order chi connectivity index (χ0) is 15.2. The number of piperidine rings is 1. The number of nitrogens with zero attached hydrogens (tertiary/aromatic N) is 1. The first kappa shape index (κ1) is 16.0. The average molecular weight is 289 g/mol. The van der Waals surface area contributed by atoms with E-state index in [9.17, 15) is 4.79 Å². The van der Waals surface area contributed by atoms with Crippen molar-refractivity contribution in [2.24, 2.45) is 5.92 Å². The summed E-state index contributed by atoms with van der Waals surface area (Å²) in [6.07, 6.45) is 3.82.